The second-order valence-corrected chi connectivity index (χ2v) is 13.2. The molecule has 0 aliphatic heterocycles. The molecule has 0 aliphatic rings. The summed E-state index contributed by atoms with van der Waals surface area (Å²) in [6.45, 7) is 21.3. The van der Waals surface area contributed by atoms with Gasteiger partial charge in [-0.25, -0.2) is 0 Å². The molecule has 1 aromatic rings. The molecule has 21 heavy (non-hydrogen) atoms. The van der Waals surface area contributed by atoms with Gasteiger partial charge in [-0.05, 0) is 46.7 Å². The van der Waals surface area contributed by atoms with Crippen LogP contribution in [0, 0.1) is 0 Å². The zero-order valence-corrected chi connectivity index (χ0v) is 16.5. The van der Waals surface area contributed by atoms with Crippen LogP contribution in [0.1, 0.15) is 77.0 Å². The average molecular weight is 307 g/mol. The lowest BCUT2D eigenvalue weighted by atomic mass is 9.93. The van der Waals surface area contributed by atoms with Gasteiger partial charge in [-0.2, -0.15) is 0 Å². The van der Waals surface area contributed by atoms with Crippen molar-refractivity contribution in [2.45, 2.75) is 85.0 Å². The van der Waals surface area contributed by atoms with Crippen molar-refractivity contribution in [3.05, 3.63) is 34.9 Å². The van der Waals surface area contributed by atoms with Gasteiger partial charge in [0.15, 0.2) is 8.32 Å². The number of hydrogen-bond acceptors (Lipinski definition) is 1. The van der Waals surface area contributed by atoms with E-state index in [1.807, 2.05) is 0 Å². The maximum absolute atomic E-state index is 6.39. The van der Waals surface area contributed by atoms with Crippen molar-refractivity contribution in [1.82, 2.24) is 0 Å². The number of benzene rings is 1. The quantitative estimate of drug-likeness (QED) is 0.567. The Morgan fingerprint density at radius 2 is 1.33 bits per heavy atom. The Kier molecular flexibility index (Phi) is 5.85. The van der Waals surface area contributed by atoms with Gasteiger partial charge in [0.25, 0.3) is 0 Å². The molecule has 0 aliphatic carbocycles. The van der Waals surface area contributed by atoms with E-state index in [1.54, 1.807) is 0 Å². The van der Waals surface area contributed by atoms with Crippen LogP contribution in [0.4, 0.5) is 0 Å². The first-order chi connectivity index (χ1) is 9.44. The second-order valence-electron chi connectivity index (χ2n) is 8.37. The Labute approximate surface area is 133 Å². The Balaban J connectivity index is 2.98. The minimum atomic E-state index is -1.68. The maximum atomic E-state index is 6.39. The summed E-state index contributed by atoms with van der Waals surface area (Å²) in [6.07, 6.45) is 0. The first-order valence-corrected chi connectivity index (χ1v) is 11.1. The minimum Gasteiger partial charge on any atom is -0.413 e. The highest BCUT2D eigenvalue weighted by molar-refractivity contribution is 6.74. The van der Waals surface area contributed by atoms with E-state index in [0.29, 0.717) is 11.8 Å². The molecular formula is C19H34OSi. The molecule has 0 unspecified atom stereocenters. The highest BCUT2D eigenvalue weighted by Gasteiger charge is 2.37. The normalized spacial score (nSPS) is 13.3. The highest BCUT2D eigenvalue weighted by atomic mass is 28.4. The van der Waals surface area contributed by atoms with Crippen molar-refractivity contribution in [2.75, 3.05) is 0 Å². The van der Waals surface area contributed by atoms with Gasteiger partial charge >= 0.3 is 0 Å². The van der Waals surface area contributed by atoms with Gasteiger partial charge in [0.1, 0.15) is 0 Å². The Morgan fingerprint density at radius 3 is 1.67 bits per heavy atom. The van der Waals surface area contributed by atoms with Crippen LogP contribution in [0.3, 0.4) is 0 Å². The van der Waals surface area contributed by atoms with E-state index in [1.165, 1.54) is 16.7 Å². The third-order valence-electron chi connectivity index (χ3n) is 4.78. The first kappa shape index (κ1) is 18.4. The zero-order valence-electron chi connectivity index (χ0n) is 15.5. The van der Waals surface area contributed by atoms with Gasteiger partial charge in [0.2, 0.25) is 0 Å². The van der Waals surface area contributed by atoms with Crippen molar-refractivity contribution in [3.8, 4) is 0 Å². The molecule has 1 rings (SSSR count). The molecule has 0 aromatic heterocycles. The molecule has 0 spiro atoms. The fourth-order valence-electron chi connectivity index (χ4n) is 1.98. The third-order valence-corrected chi connectivity index (χ3v) is 9.26. The number of hydrogen-bond donors (Lipinski definition) is 0. The number of rotatable bonds is 5. The lowest BCUT2D eigenvalue weighted by Crippen LogP contribution is -2.40. The van der Waals surface area contributed by atoms with Crippen molar-refractivity contribution in [1.29, 1.82) is 0 Å². The van der Waals surface area contributed by atoms with Gasteiger partial charge in [0.05, 0.1) is 6.61 Å². The second kappa shape index (κ2) is 6.66. The van der Waals surface area contributed by atoms with Crippen LogP contribution in [0.15, 0.2) is 18.2 Å². The summed E-state index contributed by atoms with van der Waals surface area (Å²) < 4.78 is 6.39. The van der Waals surface area contributed by atoms with E-state index in [9.17, 15) is 0 Å². The SMILES string of the molecule is CC(C)c1cc(CO[Si](C)(C)C(C)(C)C)cc(C(C)C)c1. The fourth-order valence-corrected chi connectivity index (χ4v) is 2.94. The van der Waals surface area contributed by atoms with Gasteiger partial charge in [0, 0.05) is 0 Å². The summed E-state index contributed by atoms with van der Waals surface area (Å²) in [4.78, 5) is 0. The summed E-state index contributed by atoms with van der Waals surface area (Å²) in [6, 6.07) is 7.00. The molecule has 0 saturated carbocycles. The average Bonchev–Trinajstić information content (AvgIpc) is 2.34. The molecule has 0 atom stereocenters. The molecule has 0 N–H and O–H groups in total. The maximum Gasteiger partial charge on any atom is 0.192 e. The largest absolute Gasteiger partial charge is 0.413 e. The van der Waals surface area contributed by atoms with Crippen molar-refractivity contribution >= 4 is 8.32 Å². The molecule has 0 saturated heterocycles. The minimum absolute atomic E-state index is 0.267. The van der Waals surface area contributed by atoms with E-state index in [4.69, 9.17) is 4.43 Å². The monoisotopic (exact) mass is 306 g/mol. The van der Waals surface area contributed by atoms with E-state index in [-0.39, 0.29) is 5.04 Å². The summed E-state index contributed by atoms with van der Waals surface area (Å²) in [5.41, 5.74) is 4.18. The Hall–Kier alpha value is -0.603. The van der Waals surface area contributed by atoms with Crippen molar-refractivity contribution < 1.29 is 4.43 Å². The first-order valence-electron chi connectivity index (χ1n) is 8.22. The molecule has 0 fully saturated rings. The predicted molar refractivity (Wildman–Crippen MR) is 96.6 cm³/mol. The van der Waals surface area contributed by atoms with E-state index < -0.39 is 8.32 Å². The van der Waals surface area contributed by atoms with E-state index in [2.05, 4.69) is 79.8 Å². The molecule has 0 bridgehead atoms. The van der Waals surface area contributed by atoms with Gasteiger partial charge in [-0.3, -0.25) is 0 Å². The third kappa shape index (κ3) is 4.96. The summed E-state index contributed by atoms with van der Waals surface area (Å²) in [7, 11) is -1.68. The lowest BCUT2D eigenvalue weighted by Gasteiger charge is -2.36. The molecule has 1 nitrogen and oxygen atoms in total. The summed E-state index contributed by atoms with van der Waals surface area (Å²) in [5.74, 6) is 1.13. The van der Waals surface area contributed by atoms with Crippen molar-refractivity contribution in [3.63, 3.8) is 0 Å². The van der Waals surface area contributed by atoms with Crippen LogP contribution in [-0.2, 0) is 11.0 Å². The zero-order chi connectivity index (χ0) is 16.4. The van der Waals surface area contributed by atoms with Crippen LogP contribution in [-0.4, -0.2) is 8.32 Å². The topological polar surface area (TPSA) is 9.23 Å². The van der Waals surface area contributed by atoms with Crippen LogP contribution in [0.25, 0.3) is 0 Å². The van der Waals surface area contributed by atoms with Crippen LogP contribution < -0.4 is 0 Å². The molecule has 120 valence electrons. The molecule has 2 heteroatoms. The summed E-state index contributed by atoms with van der Waals surface area (Å²) in [5, 5.41) is 0.267. The van der Waals surface area contributed by atoms with Crippen molar-refractivity contribution in [2.24, 2.45) is 0 Å². The lowest BCUT2D eigenvalue weighted by molar-refractivity contribution is 0.276. The van der Waals surface area contributed by atoms with Gasteiger partial charge < -0.3 is 4.43 Å². The van der Waals surface area contributed by atoms with Gasteiger partial charge in [-0.1, -0.05) is 66.7 Å². The van der Waals surface area contributed by atoms with Crippen LogP contribution in [0.5, 0.6) is 0 Å². The van der Waals surface area contributed by atoms with Crippen LogP contribution >= 0.6 is 0 Å². The van der Waals surface area contributed by atoms with Gasteiger partial charge in [-0.15, -0.1) is 0 Å². The molecule has 0 heterocycles. The predicted octanol–water partition coefficient (Wildman–Crippen LogP) is 6.46. The standard InChI is InChI=1S/C19H34OSi/c1-14(2)17-10-16(11-18(12-17)15(3)4)13-20-21(8,9)19(5,6)7/h10-12,14-15H,13H2,1-9H3. The molecule has 0 amide bonds. The Morgan fingerprint density at radius 1 is 0.905 bits per heavy atom. The molecular weight excluding hydrogens is 272 g/mol. The van der Waals surface area contributed by atoms with E-state index >= 15 is 0 Å². The van der Waals surface area contributed by atoms with E-state index in [0.717, 1.165) is 6.61 Å². The Bertz CT molecular complexity index is 441. The summed E-state index contributed by atoms with van der Waals surface area (Å²) >= 11 is 0. The molecule has 1 aromatic carbocycles. The smallest absolute Gasteiger partial charge is 0.192 e. The van der Waals surface area contributed by atoms with Crippen LogP contribution in [0.2, 0.25) is 18.1 Å². The highest BCUT2D eigenvalue weighted by Crippen LogP contribution is 2.37. The fraction of sp³-hybridized carbons (Fsp3) is 0.684. The molecule has 0 radical (unpaired) electrons.